The number of aromatic nitrogens is 1. The van der Waals surface area contributed by atoms with Crippen LogP contribution < -0.4 is 10.2 Å². The normalized spacial score (nSPS) is 20.1. The summed E-state index contributed by atoms with van der Waals surface area (Å²) in [5.74, 6) is -0.357. The molecule has 1 saturated heterocycles. The van der Waals surface area contributed by atoms with Crippen LogP contribution in [0.3, 0.4) is 0 Å². The number of imide groups is 1. The minimum Gasteiger partial charge on any atom is -0.356 e. The van der Waals surface area contributed by atoms with E-state index in [-0.39, 0.29) is 17.7 Å². The number of benzene rings is 2. The minimum atomic E-state index is -1.15. The monoisotopic (exact) mass is 430 g/mol. The van der Waals surface area contributed by atoms with Crippen molar-refractivity contribution in [3.8, 4) is 0 Å². The topological polar surface area (TPSA) is 85.5 Å². The van der Waals surface area contributed by atoms with E-state index in [1.165, 1.54) is 4.90 Å². The summed E-state index contributed by atoms with van der Waals surface area (Å²) in [5, 5.41) is 3.97. The number of aromatic amines is 1. The number of rotatable bonds is 4. The van der Waals surface area contributed by atoms with Crippen molar-refractivity contribution in [1.82, 2.24) is 15.2 Å². The molecule has 1 atom stereocenters. The lowest BCUT2D eigenvalue weighted by atomic mass is 9.87. The molecular formula is C25H26N4O3. The Morgan fingerprint density at radius 2 is 1.84 bits per heavy atom. The average Bonchev–Trinajstić information content (AvgIpc) is 3.26. The van der Waals surface area contributed by atoms with Gasteiger partial charge in [0.1, 0.15) is 0 Å². The van der Waals surface area contributed by atoms with Crippen molar-refractivity contribution >= 4 is 34.4 Å². The van der Waals surface area contributed by atoms with Crippen molar-refractivity contribution in [1.29, 1.82) is 0 Å². The van der Waals surface area contributed by atoms with Crippen molar-refractivity contribution in [2.24, 2.45) is 5.92 Å². The van der Waals surface area contributed by atoms with Crippen LogP contribution in [0.5, 0.6) is 0 Å². The fourth-order valence-electron chi connectivity index (χ4n) is 4.86. The zero-order valence-corrected chi connectivity index (χ0v) is 18.4. The highest BCUT2D eigenvalue weighted by Gasteiger charge is 2.59. The van der Waals surface area contributed by atoms with E-state index in [0.717, 1.165) is 22.2 Å². The van der Waals surface area contributed by atoms with Gasteiger partial charge < -0.3 is 15.2 Å². The van der Waals surface area contributed by atoms with Crippen LogP contribution in [0.2, 0.25) is 0 Å². The number of H-pyrrole nitrogens is 1. The molecular weight excluding hydrogens is 404 g/mol. The summed E-state index contributed by atoms with van der Waals surface area (Å²) in [7, 11) is 0. The Balaban J connectivity index is 1.59. The first-order chi connectivity index (χ1) is 15.3. The molecule has 1 fully saturated rings. The van der Waals surface area contributed by atoms with Crippen LogP contribution >= 0.6 is 0 Å². The highest BCUT2D eigenvalue weighted by Crippen LogP contribution is 2.45. The molecule has 0 bridgehead atoms. The van der Waals surface area contributed by atoms with E-state index >= 15 is 0 Å². The Hall–Kier alpha value is -3.61. The summed E-state index contributed by atoms with van der Waals surface area (Å²) >= 11 is 0. The summed E-state index contributed by atoms with van der Waals surface area (Å²) in [6.45, 7) is 6.76. The van der Waals surface area contributed by atoms with Gasteiger partial charge in [-0.15, -0.1) is 0 Å². The van der Waals surface area contributed by atoms with Gasteiger partial charge in [0.15, 0.2) is 5.54 Å². The van der Waals surface area contributed by atoms with Gasteiger partial charge in [0.05, 0.1) is 16.9 Å². The summed E-state index contributed by atoms with van der Waals surface area (Å²) in [6.07, 6.45) is 0.665. The zero-order chi connectivity index (χ0) is 22.6. The Morgan fingerprint density at radius 1 is 1.12 bits per heavy atom. The first-order valence-electron chi connectivity index (χ1n) is 11.0. The van der Waals surface area contributed by atoms with Gasteiger partial charge in [-0.1, -0.05) is 44.2 Å². The third kappa shape index (κ3) is 2.77. The van der Waals surface area contributed by atoms with Crippen LogP contribution in [0.15, 0.2) is 48.5 Å². The molecule has 2 aromatic carbocycles. The van der Waals surface area contributed by atoms with E-state index in [4.69, 9.17) is 0 Å². The molecule has 1 unspecified atom stereocenters. The molecule has 7 nitrogen and oxygen atoms in total. The maximum absolute atomic E-state index is 13.9. The molecule has 0 saturated carbocycles. The summed E-state index contributed by atoms with van der Waals surface area (Å²) in [6, 6.07) is 14.3. The quantitative estimate of drug-likeness (QED) is 0.618. The second-order valence-corrected chi connectivity index (χ2v) is 9.04. The number of carbonyl (C=O) groups excluding carboxylic acids is 3. The number of para-hydroxylation sites is 2. The van der Waals surface area contributed by atoms with Crippen LogP contribution in [0.4, 0.5) is 10.5 Å². The number of hydrogen-bond donors (Lipinski definition) is 2. The third-order valence-electron chi connectivity index (χ3n) is 6.53. The number of nitrogens with one attached hydrogen (secondary N) is 2. The SMILES string of the molecule is CC(C)CNC(=O)c1ccccc1N1C(=O)N2CCc3c([nH]c4ccccc34)C2(C)C1=O. The largest absolute Gasteiger partial charge is 0.356 e. The minimum absolute atomic E-state index is 0.287. The maximum Gasteiger partial charge on any atom is 0.332 e. The van der Waals surface area contributed by atoms with Gasteiger partial charge in [0.2, 0.25) is 0 Å². The molecule has 164 valence electrons. The molecule has 32 heavy (non-hydrogen) atoms. The van der Waals surface area contributed by atoms with E-state index in [2.05, 4.69) is 10.3 Å². The van der Waals surface area contributed by atoms with Gasteiger partial charge in [-0.2, -0.15) is 0 Å². The number of fused-ring (bicyclic) bond motifs is 5. The smallest absolute Gasteiger partial charge is 0.332 e. The van der Waals surface area contributed by atoms with Crippen LogP contribution in [-0.2, 0) is 16.8 Å². The van der Waals surface area contributed by atoms with E-state index in [0.29, 0.717) is 30.8 Å². The molecule has 7 heteroatoms. The van der Waals surface area contributed by atoms with Crippen molar-refractivity contribution in [3.63, 3.8) is 0 Å². The summed E-state index contributed by atoms with van der Waals surface area (Å²) < 4.78 is 0. The number of hydrogen-bond acceptors (Lipinski definition) is 3. The molecule has 0 aliphatic carbocycles. The van der Waals surface area contributed by atoms with Crippen molar-refractivity contribution in [2.45, 2.75) is 32.7 Å². The highest BCUT2D eigenvalue weighted by atomic mass is 16.2. The third-order valence-corrected chi connectivity index (χ3v) is 6.53. The van der Waals surface area contributed by atoms with E-state index in [1.807, 2.05) is 38.1 Å². The number of urea groups is 1. The van der Waals surface area contributed by atoms with Gasteiger partial charge in [-0.05, 0) is 43.0 Å². The number of anilines is 1. The molecule has 2 aliphatic rings. The lowest BCUT2D eigenvalue weighted by molar-refractivity contribution is -0.125. The van der Waals surface area contributed by atoms with Gasteiger partial charge in [0, 0.05) is 24.0 Å². The second kappa shape index (κ2) is 7.22. The van der Waals surface area contributed by atoms with Crippen LogP contribution in [0.25, 0.3) is 10.9 Å². The lowest BCUT2D eigenvalue weighted by Gasteiger charge is -2.35. The van der Waals surface area contributed by atoms with Crippen LogP contribution in [0, 0.1) is 5.92 Å². The Morgan fingerprint density at radius 3 is 2.62 bits per heavy atom. The first-order valence-corrected chi connectivity index (χ1v) is 11.0. The molecule has 3 aromatic rings. The zero-order valence-electron chi connectivity index (χ0n) is 18.4. The Bertz CT molecular complexity index is 1260. The summed E-state index contributed by atoms with van der Waals surface area (Å²) in [4.78, 5) is 46.4. The van der Waals surface area contributed by atoms with Crippen molar-refractivity contribution in [3.05, 3.63) is 65.4 Å². The molecule has 1 aromatic heterocycles. The molecule has 3 heterocycles. The number of nitrogens with zero attached hydrogens (tertiary/aromatic N) is 2. The predicted molar refractivity (Wildman–Crippen MR) is 123 cm³/mol. The second-order valence-electron chi connectivity index (χ2n) is 9.04. The standard InChI is InChI=1S/C25H26N4O3/c1-15(2)14-26-22(30)18-9-5-7-11-20(18)29-23(31)25(3)21-17(12-13-28(25)24(29)32)16-8-4-6-10-19(16)27-21/h4-11,15,27H,12-14H2,1-3H3,(H,26,30). The average molecular weight is 431 g/mol. The molecule has 2 N–H and O–H groups in total. The molecule has 4 amide bonds. The maximum atomic E-state index is 13.9. The van der Waals surface area contributed by atoms with Crippen molar-refractivity contribution < 1.29 is 14.4 Å². The van der Waals surface area contributed by atoms with E-state index in [1.54, 1.807) is 36.1 Å². The molecule has 0 spiro atoms. The highest BCUT2D eigenvalue weighted by molar-refractivity contribution is 6.25. The van der Waals surface area contributed by atoms with Crippen LogP contribution in [0.1, 0.15) is 42.4 Å². The number of amides is 4. The first kappa shape index (κ1) is 20.3. The lowest BCUT2D eigenvalue weighted by Crippen LogP contribution is -2.49. The van der Waals surface area contributed by atoms with E-state index in [9.17, 15) is 14.4 Å². The fourth-order valence-corrected chi connectivity index (χ4v) is 4.86. The van der Waals surface area contributed by atoms with Crippen molar-refractivity contribution in [2.75, 3.05) is 18.0 Å². The number of carbonyl (C=O) groups is 3. The van der Waals surface area contributed by atoms with Gasteiger partial charge in [0.25, 0.3) is 11.8 Å². The molecule has 0 radical (unpaired) electrons. The predicted octanol–water partition coefficient (Wildman–Crippen LogP) is 3.79. The Labute approximate surface area is 186 Å². The van der Waals surface area contributed by atoms with Crippen LogP contribution in [-0.4, -0.2) is 40.8 Å². The molecule has 5 rings (SSSR count). The molecule has 2 aliphatic heterocycles. The fraction of sp³-hybridized carbons (Fsp3) is 0.320. The Kier molecular flexibility index (Phi) is 4.58. The van der Waals surface area contributed by atoms with Gasteiger partial charge >= 0.3 is 6.03 Å². The van der Waals surface area contributed by atoms with Gasteiger partial charge in [-0.3, -0.25) is 9.59 Å². The van der Waals surface area contributed by atoms with Gasteiger partial charge in [-0.25, -0.2) is 9.69 Å². The summed E-state index contributed by atoms with van der Waals surface area (Å²) in [5.41, 5.74) is 2.27. The van der Waals surface area contributed by atoms with E-state index < -0.39 is 11.6 Å².